The number of piperidine rings is 1. The molecule has 1 fully saturated rings. The molecule has 7 nitrogen and oxygen atoms in total. The van der Waals surface area contributed by atoms with Crippen LogP contribution in [0.4, 0.5) is 0 Å². The van der Waals surface area contributed by atoms with Gasteiger partial charge in [-0.2, -0.15) is 15.4 Å². The molecule has 2 heterocycles. The summed E-state index contributed by atoms with van der Waals surface area (Å²) in [6.45, 7) is 0.479. The topological polar surface area (TPSA) is 99.2 Å². The number of aliphatic carboxylic acids is 1. The molecule has 0 radical (unpaired) electrons. The molecule has 2 N–H and O–H groups in total. The van der Waals surface area contributed by atoms with Gasteiger partial charge in [-0.3, -0.25) is 4.79 Å². The number of carbonyl (C=O) groups is 2. The van der Waals surface area contributed by atoms with E-state index in [0.29, 0.717) is 29.6 Å². The lowest BCUT2D eigenvalue weighted by Gasteiger charge is -2.33. The van der Waals surface area contributed by atoms with Gasteiger partial charge in [0.2, 0.25) is 0 Å². The molecule has 0 aliphatic carbocycles. The first-order valence-electron chi connectivity index (χ1n) is 6.51. The highest BCUT2D eigenvalue weighted by Gasteiger charge is 2.32. The van der Waals surface area contributed by atoms with Crippen molar-refractivity contribution in [2.75, 3.05) is 6.54 Å². The number of likely N-dealkylation sites (tertiary alicyclic amines) is 1. The van der Waals surface area contributed by atoms with Crippen LogP contribution < -0.4 is 0 Å². The highest BCUT2D eigenvalue weighted by atomic mass is 16.4. The van der Waals surface area contributed by atoms with E-state index in [1.165, 1.54) is 4.90 Å². The Hall–Kier alpha value is -2.44. The van der Waals surface area contributed by atoms with Gasteiger partial charge < -0.3 is 10.0 Å². The van der Waals surface area contributed by atoms with E-state index in [-0.39, 0.29) is 5.91 Å². The summed E-state index contributed by atoms with van der Waals surface area (Å²) >= 11 is 0. The van der Waals surface area contributed by atoms with Gasteiger partial charge in [0.05, 0.1) is 0 Å². The first kappa shape index (κ1) is 12.6. The van der Waals surface area contributed by atoms with E-state index < -0.39 is 12.0 Å². The molecule has 1 aromatic carbocycles. The molecule has 1 aliphatic rings. The minimum absolute atomic E-state index is 0.262. The molecule has 20 heavy (non-hydrogen) atoms. The number of benzene rings is 1. The molecular formula is C13H14N4O3. The van der Waals surface area contributed by atoms with Crippen LogP contribution in [0.3, 0.4) is 0 Å². The molecule has 7 heteroatoms. The van der Waals surface area contributed by atoms with Gasteiger partial charge in [0.25, 0.3) is 5.91 Å². The maximum Gasteiger partial charge on any atom is 0.326 e. The Morgan fingerprint density at radius 3 is 2.85 bits per heavy atom. The average molecular weight is 274 g/mol. The molecule has 1 aromatic heterocycles. The number of carboxylic acids is 1. The van der Waals surface area contributed by atoms with Crippen molar-refractivity contribution >= 4 is 22.9 Å². The number of fused-ring (bicyclic) bond motifs is 1. The van der Waals surface area contributed by atoms with Crippen LogP contribution in [0.5, 0.6) is 0 Å². The highest BCUT2D eigenvalue weighted by Crippen LogP contribution is 2.21. The van der Waals surface area contributed by atoms with E-state index in [1.54, 1.807) is 18.2 Å². The second kappa shape index (κ2) is 4.92. The Kier molecular flexibility index (Phi) is 3.09. The van der Waals surface area contributed by atoms with Crippen LogP contribution in [0.25, 0.3) is 11.0 Å². The van der Waals surface area contributed by atoms with Gasteiger partial charge in [-0.15, -0.1) is 0 Å². The van der Waals surface area contributed by atoms with Crippen LogP contribution in [0, 0.1) is 0 Å². The van der Waals surface area contributed by atoms with Gasteiger partial charge in [-0.05, 0) is 37.5 Å². The van der Waals surface area contributed by atoms with Crippen molar-refractivity contribution < 1.29 is 14.7 Å². The number of carbonyl (C=O) groups excluding carboxylic acids is 1. The van der Waals surface area contributed by atoms with Gasteiger partial charge in [-0.1, -0.05) is 0 Å². The van der Waals surface area contributed by atoms with Gasteiger partial charge in [0.1, 0.15) is 17.1 Å². The van der Waals surface area contributed by atoms with Crippen molar-refractivity contribution in [3.05, 3.63) is 23.8 Å². The maximum absolute atomic E-state index is 12.5. The second-order valence-electron chi connectivity index (χ2n) is 4.88. The third kappa shape index (κ3) is 2.11. The molecule has 3 rings (SSSR count). The molecule has 104 valence electrons. The zero-order valence-electron chi connectivity index (χ0n) is 10.7. The van der Waals surface area contributed by atoms with Crippen molar-refractivity contribution in [1.29, 1.82) is 0 Å². The lowest BCUT2D eigenvalue weighted by molar-refractivity contribution is -0.143. The van der Waals surface area contributed by atoms with E-state index in [4.69, 9.17) is 0 Å². The molecular weight excluding hydrogens is 260 g/mol. The molecule has 0 bridgehead atoms. The van der Waals surface area contributed by atoms with E-state index in [2.05, 4.69) is 15.4 Å². The first-order chi connectivity index (χ1) is 9.66. The van der Waals surface area contributed by atoms with Gasteiger partial charge >= 0.3 is 5.97 Å². The van der Waals surface area contributed by atoms with Crippen molar-refractivity contribution in [3.8, 4) is 0 Å². The first-order valence-corrected chi connectivity index (χ1v) is 6.51. The number of nitrogens with one attached hydrogen (secondary N) is 1. The van der Waals surface area contributed by atoms with Crippen LogP contribution in [-0.2, 0) is 4.79 Å². The number of rotatable bonds is 2. The van der Waals surface area contributed by atoms with Crippen molar-refractivity contribution in [3.63, 3.8) is 0 Å². The number of H-pyrrole nitrogens is 1. The summed E-state index contributed by atoms with van der Waals surface area (Å²) in [5.41, 5.74) is 1.72. The predicted octanol–water partition coefficient (Wildman–Crippen LogP) is 1.04. The lowest BCUT2D eigenvalue weighted by Crippen LogP contribution is -2.47. The number of aromatic amines is 1. The standard InChI is InChI=1S/C13H14N4O3/c18-12(17-6-2-1-3-11(17)13(19)20)8-4-5-9-10(7-8)15-16-14-9/h4-5,7,11H,1-3,6H2,(H,19,20)(H,14,15,16)/t11-/m1/s1. The average Bonchev–Trinajstić information content (AvgIpc) is 2.93. The molecule has 1 saturated heterocycles. The summed E-state index contributed by atoms with van der Waals surface area (Å²) in [6, 6.07) is 4.26. The Labute approximate surface area is 114 Å². The van der Waals surface area contributed by atoms with E-state index in [9.17, 15) is 14.7 Å². The number of hydrogen-bond acceptors (Lipinski definition) is 4. The number of carboxylic acid groups (broad SMARTS) is 1. The highest BCUT2D eigenvalue weighted by molar-refractivity contribution is 5.99. The predicted molar refractivity (Wildman–Crippen MR) is 70.2 cm³/mol. The molecule has 1 atom stereocenters. The number of amides is 1. The maximum atomic E-state index is 12.5. The summed E-state index contributed by atoms with van der Waals surface area (Å²) in [6.07, 6.45) is 2.18. The lowest BCUT2D eigenvalue weighted by atomic mass is 10.0. The fraction of sp³-hybridized carbons (Fsp3) is 0.385. The molecule has 1 amide bonds. The minimum atomic E-state index is -0.944. The Balaban J connectivity index is 1.91. The number of nitrogens with zero attached hydrogens (tertiary/aromatic N) is 3. The Bertz CT molecular complexity index is 666. The van der Waals surface area contributed by atoms with Crippen molar-refractivity contribution in [2.45, 2.75) is 25.3 Å². The van der Waals surface area contributed by atoms with E-state index in [0.717, 1.165) is 12.8 Å². The third-order valence-electron chi connectivity index (χ3n) is 3.61. The largest absolute Gasteiger partial charge is 0.480 e. The van der Waals surface area contributed by atoms with Crippen LogP contribution in [0.1, 0.15) is 29.6 Å². The molecule has 0 saturated carbocycles. The molecule has 0 spiro atoms. The second-order valence-corrected chi connectivity index (χ2v) is 4.88. The van der Waals surface area contributed by atoms with Crippen molar-refractivity contribution in [2.24, 2.45) is 0 Å². The van der Waals surface area contributed by atoms with Gasteiger partial charge in [0.15, 0.2) is 0 Å². The van der Waals surface area contributed by atoms with E-state index in [1.807, 2.05) is 0 Å². The molecule has 0 unspecified atom stereocenters. The van der Waals surface area contributed by atoms with Crippen LogP contribution >= 0.6 is 0 Å². The SMILES string of the molecule is O=C(O)[C@H]1CCCCN1C(=O)c1ccc2n[nH]nc2c1. The Morgan fingerprint density at radius 1 is 1.25 bits per heavy atom. The normalized spacial score (nSPS) is 19.2. The quantitative estimate of drug-likeness (QED) is 0.852. The number of hydrogen-bond donors (Lipinski definition) is 2. The summed E-state index contributed by atoms with van der Waals surface area (Å²) in [5, 5.41) is 19.6. The van der Waals surface area contributed by atoms with Gasteiger partial charge in [-0.25, -0.2) is 4.79 Å². The minimum Gasteiger partial charge on any atom is -0.480 e. The number of aromatic nitrogens is 3. The van der Waals surface area contributed by atoms with Crippen LogP contribution in [-0.4, -0.2) is 49.9 Å². The summed E-state index contributed by atoms with van der Waals surface area (Å²) in [7, 11) is 0. The third-order valence-corrected chi connectivity index (χ3v) is 3.61. The van der Waals surface area contributed by atoms with Crippen LogP contribution in [0.15, 0.2) is 18.2 Å². The monoisotopic (exact) mass is 274 g/mol. The molecule has 2 aromatic rings. The van der Waals surface area contributed by atoms with Gasteiger partial charge in [0, 0.05) is 12.1 Å². The van der Waals surface area contributed by atoms with Crippen molar-refractivity contribution in [1.82, 2.24) is 20.3 Å². The summed E-state index contributed by atoms with van der Waals surface area (Å²) in [4.78, 5) is 25.2. The fourth-order valence-electron chi connectivity index (χ4n) is 2.57. The molecule has 1 aliphatic heterocycles. The zero-order valence-corrected chi connectivity index (χ0v) is 10.7. The fourth-order valence-corrected chi connectivity index (χ4v) is 2.57. The Morgan fingerprint density at radius 2 is 2.05 bits per heavy atom. The summed E-state index contributed by atoms with van der Waals surface area (Å²) < 4.78 is 0. The zero-order chi connectivity index (χ0) is 14.1. The smallest absolute Gasteiger partial charge is 0.326 e. The van der Waals surface area contributed by atoms with E-state index >= 15 is 0 Å². The summed E-state index contributed by atoms with van der Waals surface area (Å²) in [5.74, 6) is -1.21. The van der Waals surface area contributed by atoms with Crippen LogP contribution in [0.2, 0.25) is 0 Å².